The summed E-state index contributed by atoms with van der Waals surface area (Å²) in [6.45, 7) is 2.09. The van der Waals surface area contributed by atoms with Crippen molar-refractivity contribution in [3.8, 4) is 11.5 Å². The van der Waals surface area contributed by atoms with Crippen molar-refractivity contribution in [1.82, 2.24) is 14.9 Å². The van der Waals surface area contributed by atoms with Crippen LogP contribution >= 0.6 is 0 Å². The molecule has 100 valence electrons. The molecule has 0 saturated heterocycles. The van der Waals surface area contributed by atoms with E-state index in [1.165, 1.54) is 5.56 Å². The molecule has 0 radical (unpaired) electrons. The first-order valence-electron chi connectivity index (χ1n) is 6.39. The number of ether oxygens (including phenoxy) is 2. The number of rotatable bonds is 5. The Morgan fingerprint density at radius 1 is 1.53 bits per heavy atom. The molecule has 5 heteroatoms. The largest absolute Gasteiger partial charge is 0.492 e. The van der Waals surface area contributed by atoms with E-state index in [0.29, 0.717) is 13.2 Å². The maximum absolute atomic E-state index is 5.72. The van der Waals surface area contributed by atoms with Gasteiger partial charge in [0, 0.05) is 24.0 Å². The molecule has 5 nitrogen and oxygen atoms in total. The minimum Gasteiger partial charge on any atom is -0.492 e. The number of aromatic nitrogens is 2. The zero-order chi connectivity index (χ0) is 13.1. The summed E-state index contributed by atoms with van der Waals surface area (Å²) < 4.78 is 13.3. The molecule has 1 aliphatic rings. The minimum absolute atomic E-state index is 0.287. The molecule has 0 saturated carbocycles. The van der Waals surface area contributed by atoms with Gasteiger partial charge in [0.1, 0.15) is 24.7 Å². The van der Waals surface area contributed by atoms with Crippen LogP contribution in [0.15, 0.2) is 36.9 Å². The monoisotopic (exact) mass is 259 g/mol. The third-order valence-corrected chi connectivity index (χ3v) is 3.29. The van der Waals surface area contributed by atoms with E-state index in [1.807, 2.05) is 29.9 Å². The lowest BCUT2D eigenvalue weighted by Crippen LogP contribution is -2.17. The Kier molecular flexibility index (Phi) is 3.37. The van der Waals surface area contributed by atoms with Gasteiger partial charge in [-0.3, -0.25) is 0 Å². The molecule has 1 atom stereocenters. The summed E-state index contributed by atoms with van der Waals surface area (Å²) in [6.07, 6.45) is 5.47. The third kappa shape index (κ3) is 2.56. The van der Waals surface area contributed by atoms with Gasteiger partial charge in [-0.15, -0.1) is 0 Å². The highest BCUT2D eigenvalue weighted by atomic mass is 16.5. The zero-order valence-electron chi connectivity index (χ0n) is 10.9. The average molecular weight is 259 g/mol. The standard InChI is InChI=1S/C14H17N3O2/c1-15-13-9-19-14-8-11(2-3-12(13)14)18-7-6-17-5-4-16-10-17/h2-5,8,10,13,15H,6-7,9H2,1H3. The molecule has 3 rings (SSSR count). The summed E-state index contributed by atoms with van der Waals surface area (Å²) in [4.78, 5) is 3.99. The molecule has 1 unspecified atom stereocenters. The summed E-state index contributed by atoms with van der Waals surface area (Å²) in [5, 5.41) is 3.23. The summed E-state index contributed by atoms with van der Waals surface area (Å²) >= 11 is 0. The second-order valence-electron chi connectivity index (χ2n) is 4.50. The quantitative estimate of drug-likeness (QED) is 0.886. The maximum atomic E-state index is 5.72. The summed E-state index contributed by atoms with van der Waals surface area (Å²) in [6, 6.07) is 6.30. The predicted octanol–water partition coefficient (Wildman–Crippen LogP) is 1.61. The van der Waals surface area contributed by atoms with Crippen LogP contribution in [0.2, 0.25) is 0 Å². The molecular weight excluding hydrogens is 242 g/mol. The minimum atomic E-state index is 0.287. The van der Waals surface area contributed by atoms with Crippen LogP contribution in [-0.4, -0.2) is 29.8 Å². The molecular formula is C14H17N3O2. The van der Waals surface area contributed by atoms with E-state index in [0.717, 1.165) is 18.0 Å². The Bertz CT molecular complexity index is 540. The lowest BCUT2D eigenvalue weighted by Gasteiger charge is -2.09. The van der Waals surface area contributed by atoms with Crippen molar-refractivity contribution in [2.24, 2.45) is 0 Å². The molecule has 0 bridgehead atoms. The molecule has 19 heavy (non-hydrogen) atoms. The number of nitrogens with one attached hydrogen (secondary N) is 1. The van der Waals surface area contributed by atoms with Gasteiger partial charge >= 0.3 is 0 Å². The van der Waals surface area contributed by atoms with E-state index < -0.39 is 0 Å². The number of nitrogens with zero attached hydrogens (tertiary/aromatic N) is 2. The van der Waals surface area contributed by atoms with Crippen molar-refractivity contribution < 1.29 is 9.47 Å². The Balaban J connectivity index is 1.60. The van der Waals surface area contributed by atoms with Crippen LogP contribution in [0, 0.1) is 0 Å². The van der Waals surface area contributed by atoms with Gasteiger partial charge in [-0.2, -0.15) is 0 Å². The molecule has 0 amide bonds. The predicted molar refractivity (Wildman–Crippen MR) is 71.5 cm³/mol. The smallest absolute Gasteiger partial charge is 0.127 e. The second kappa shape index (κ2) is 5.32. The first-order chi connectivity index (χ1) is 9.36. The van der Waals surface area contributed by atoms with E-state index in [4.69, 9.17) is 9.47 Å². The van der Waals surface area contributed by atoms with Crippen LogP contribution in [0.3, 0.4) is 0 Å². The van der Waals surface area contributed by atoms with Crippen LogP contribution in [0.5, 0.6) is 11.5 Å². The zero-order valence-corrected chi connectivity index (χ0v) is 10.9. The van der Waals surface area contributed by atoms with Crippen molar-refractivity contribution >= 4 is 0 Å². The van der Waals surface area contributed by atoms with Crippen LogP contribution in [-0.2, 0) is 6.54 Å². The van der Waals surface area contributed by atoms with E-state index in [2.05, 4.69) is 16.4 Å². The first kappa shape index (κ1) is 12.0. The fourth-order valence-electron chi connectivity index (χ4n) is 2.21. The Morgan fingerprint density at radius 2 is 2.47 bits per heavy atom. The normalized spacial score (nSPS) is 17.0. The Hall–Kier alpha value is -2.01. The van der Waals surface area contributed by atoms with E-state index in [1.54, 1.807) is 12.5 Å². The highest BCUT2D eigenvalue weighted by molar-refractivity contribution is 5.44. The number of hydrogen-bond donors (Lipinski definition) is 1. The fourth-order valence-corrected chi connectivity index (χ4v) is 2.21. The summed E-state index contributed by atoms with van der Waals surface area (Å²) in [5.74, 6) is 1.76. The molecule has 1 aliphatic heterocycles. The van der Waals surface area contributed by atoms with Crippen LogP contribution in [0.4, 0.5) is 0 Å². The Labute approximate surface area is 112 Å². The van der Waals surface area contributed by atoms with Crippen LogP contribution in [0.25, 0.3) is 0 Å². The highest BCUT2D eigenvalue weighted by Gasteiger charge is 2.22. The molecule has 1 aromatic carbocycles. The number of likely N-dealkylation sites (N-methyl/N-ethyl adjacent to an activating group) is 1. The fraction of sp³-hybridized carbons (Fsp3) is 0.357. The number of benzene rings is 1. The SMILES string of the molecule is CNC1COc2cc(OCCn3ccnc3)ccc21. The molecule has 2 aromatic rings. The summed E-state index contributed by atoms with van der Waals surface area (Å²) in [7, 11) is 1.94. The van der Waals surface area contributed by atoms with Gasteiger partial charge < -0.3 is 19.4 Å². The van der Waals surface area contributed by atoms with Gasteiger partial charge in [-0.05, 0) is 19.2 Å². The van der Waals surface area contributed by atoms with E-state index >= 15 is 0 Å². The van der Waals surface area contributed by atoms with Gasteiger partial charge in [0.15, 0.2) is 0 Å². The highest BCUT2D eigenvalue weighted by Crippen LogP contribution is 2.34. The van der Waals surface area contributed by atoms with Gasteiger partial charge in [0.05, 0.1) is 18.9 Å². The van der Waals surface area contributed by atoms with Crippen LogP contribution < -0.4 is 14.8 Å². The molecule has 1 N–H and O–H groups in total. The lowest BCUT2D eigenvalue weighted by molar-refractivity contribution is 0.293. The van der Waals surface area contributed by atoms with Gasteiger partial charge in [0.25, 0.3) is 0 Å². The lowest BCUT2D eigenvalue weighted by atomic mass is 10.1. The molecule has 1 aromatic heterocycles. The number of fused-ring (bicyclic) bond motifs is 1. The van der Waals surface area contributed by atoms with E-state index in [9.17, 15) is 0 Å². The Morgan fingerprint density at radius 3 is 3.26 bits per heavy atom. The first-order valence-corrected chi connectivity index (χ1v) is 6.39. The van der Waals surface area contributed by atoms with Crippen molar-refractivity contribution in [3.05, 3.63) is 42.5 Å². The van der Waals surface area contributed by atoms with Gasteiger partial charge in [-0.25, -0.2) is 4.98 Å². The number of hydrogen-bond acceptors (Lipinski definition) is 4. The van der Waals surface area contributed by atoms with Gasteiger partial charge in [-0.1, -0.05) is 0 Å². The second-order valence-corrected chi connectivity index (χ2v) is 4.50. The molecule has 0 spiro atoms. The van der Waals surface area contributed by atoms with Crippen molar-refractivity contribution in [2.75, 3.05) is 20.3 Å². The van der Waals surface area contributed by atoms with Crippen LogP contribution in [0.1, 0.15) is 11.6 Å². The molecule has 0 aliphatic carbocycles. The molecule has 0 fully saturated rings. The number of imidazole rings is 1. The molecule has 2 heterocycles. The maximum Gasteiger partial charge on any atom is 0.127 e. The van der Waals surface area contributed by atoms with Gasteiger partial charge in [0.2, 0.25) is 0 Å². The van der Waals surface area contributed by atoms with E-state index in [-0.39, 0.29) is 6.04 Å². The third-order valence-electron chi connectivity index (χ3n) is 3.29. The average Bonchev–Trinajstić information content (AvgIpc) is 3.07. The van der Waals surface area contributed by atoms with Crippen molar-refractivity contribution in [1.29, 1.82) is 0 Å². The topological polar surface area (TPSA) is 48.3 Å². The van der Waals surface area contributed by atoms with Crippen molar-refractivity contribution in [2.45, 2.75) is 12.6 Å². The summed E-state index contributed by atoms with van der Waals surface area (Å²) in [5.41, 5.74) is 1.20. The van der Waals surface area contributed by atoms with Crippen molar-refractivity contribution in [3.63, 3.8) is 0 Å².